The molecule has 3 fully saturated rings. The standard InChI is InChI=1S/C20H30O2/c1-18(2)8-4-9-19(3)15(18)7-10-20-11-13(5-6-16(19)20)14(12-20)17(21)22/h15-16H,4-12H2,1-3H3,(H,21,22). The quantitative estimate of drug-likeness (QED) is 0.724. The molecule has 0 aliphatic heterocycles. The zero-order valence-corrected chi connectivity index (χ0v) is 14.4. The Morgan fingerprint density at radius 2 is 1.82 bits per heavy atom. The molecule has 0 saturated heterocycles. The number of carboxylic acid groups (broad SMARTS) is 1. The van der Waals surface area contributed by atoms with Gasteiger partial charge in [-0.25, -0.2) is 4.79 Å². The lowest BCUT2D eigenvalue weighted by Crippen LogP contribution is -2.55. The first-order chi connectivity index (χ1) is 10.3. The predicted molar refractivity (Wildman–Crippen MR) is 87.5 cm³/mol. The number of carbonyl (C=O) groups is 1. The molecule has 2 nitrogen and oxygen atoms in total. The van der Waals surface area contributed by atoms with Gasteiger partial charge in [0.1, 0.15) is 0 Å². The van der Waals surface area contributed by atoms with E-state index in [1.54, 1.807) is 0 Å². The van der Waals surface area contributed by atoms with Crippen LogP contribution in [0.5, 0.6) is 0 Å². The van der Waals surface area contributed by atoms with Gasteiger partial charge in [0.2, 0.25) is 0 Å². The summed E-state index contributed by atoms with van der Waals surface area (Å²) < 4.78 is 0. The minimum Gasteiger partial charge on any atom is -0.478 e. The molecular formula is C20H30O2. The van der Waals surface area contributed by atoms with Crippen molar-refractivity contribution in [2.45, 2.75) is 78.6 Å². The largest absolute Gasteiger partial charge is 0.478 e. The number of rotatable bonds is 1. The Balaban J connectivity index is 1.72. The van der Waals surface area contributed by atoms with E-state index in [1.165, 1.54) is 44.1 Å². The molecular weight excluding hydrogens is 272 g/mol. The Morgan fingerprint density at radius 1 is 1.05 bits per heavy atom. The Labute approximate surface area is 134 Å². The summed E-state index contributed by atoms with van der Waals surface area (Å²) in [5.74, 6) is 0.947. The van der Waals surface area contributed by atoms with Crippen molar-refractivity contribution in [3.8, 4) is 0 Å². The van der Waals surface area contributed by atoms with E-state index >= 15 is 0 Å². The number of fused-ring (bicyclic) bond motifs is 3. The van der Waals surface area contributed by atoms with Crippen LogP contribution in [-0.4, -0.2) is 11.1 Å². The third kappa shape index (κ3) is 1.76. The Hall–Kier alpha value is -0.790. The van der Waals surface area contributed by atoms with Crippen LogP contribution in [0.3, 0.4) is 0 Å². The number of allylic oxidation sites excluding steroid dienone is 1. The van der Waals surface area contributed by atoms with Crippen LogP contribution in [0.2, 0.25) is 0 Å². The van der Waals surface area contributed by atoms with Crippen LogP contribution in [0.4, 0.5) is 0 Å². The highest BCUT2D eigenvalue weighted by molar-refractivity contribution is 5.88. The third-order valence-corrected chi connectivity index (χ3v) is 8.26. The molecule has 4 rings (SSSR count). The molecule has 4 unspecified atom stereocenters. The smallest absolute Gasteiger partial charge is 0.331 e. The van der Waals surface area contributed by atoms with Gasteiger partial charge in [-0.3, -0.25) is 0 Å². The summed E-state index contributed by atoms with van der Waals surface area (Å²) >= 11 is 0. The molecule has 0 aromatic heterocycles. The van der Waals surface area contributed by atoms with Gasteiger partial charge < -0.3 is 5.11 Å². The molecule has 22 heavy (non-hydrogen) atoms. The van der Waals surface area contributed by atoms with Crippen molar-refractivity contribution < 1.29 is 9.90 Å². The van der Waals surface area contributed by atoms with Gasteiger partial charge in [0.05, 0.1) is 0 Å². The maximum Gasteiger partial charge on any atom is 0.331 e. The zero-order valence-electron chi connectivity index (χ0n) is 14.4. The third-order valence-electron chi connectivity index (χ3n) is 8.26. The molecule has 4 aliphatic rings. The van der Waals surface area contributed by atoms with Crippen LogP contribution in [-0.2, 0) is 4.79 Å². The second kappa shape index (κ2) is 4.39. The first kappa shape index (κ1) is 14.8. The van der Waals surface area contributed by atoms with E-state index in [0.717, 1.165) is 36.7 Å². The number of hydrogen-bond donors (Lipinski definition) is 1. The van der Waals surface area contributed by atoms with Crippen molar-refractivity contribution in [2.24, 2.45) is 28.1 Å². The Kier molecular flexibility index (Phi) is 2.95. The van der Waals surface area contributed by atoms with Crippen molar-refractivity contribution in [3.63, 3.8) is 0 Å². The van der Waals surface area contributed by atoms with E-state index in [2.05, 4.69) is 20.8 Å². The van der Waals surface area contributed by atoms with Gasteiger partial charge in [0.25, 0.3) is 0 Å². The van der Waals surface area contributed by atoms with Gasteiger partial charge in [-0.15, -0.1) is 0 Å². The fraction of sp³-hybridized carbons (Fsp3) is 0.850. The molecule has 4 aliphatic carbocycles. The SMILES string of the molecule is CC1(C)CCCC2(C)C1CCC13CC(=C(C(=O)O)C1)CCC32. The van der Waals surface area contributed by atoms with E-state index in [-0.39, 0.29) is 0 Å². The van der Waals surface area contributed by atoms with Crippen molar-refractivity contribution in [3.05, 3.63) is 11.1 Å². The van der Waals surface area contributed by atoms with Crippen molar-refractivity contribution in [1.82, 2.24) is 0 Å². The van der Waals surface area contributed by atoms with Crippen molar-refractivity contribution in [1.29, 1.82) is 0 Å². The lowest BCUT2D eigenvalue weighted by Gasteiger charge is -2.64. The summed E-state index contributed by atoms with van der Waals surface area (Å²) in [7, 11) is 0. The maximum absolute atomic E-state index is 11.6. The summed E-state index contributed by atoms with van der Waals surface area (Å²) in [6.07, 6.45) is 10.9. The topological polar surface area (TPSA) is 37.3 Å². The summed E-state index contributed by atoms with van der Waals surface area (Å²) in [5, 5.41) is 9.57. The highest BCUT2D eigenvalue weighted by Crippen LogP contribution is 2.71. The molecule has 0 aromatic carbocycles. The van der Waals surface area contributed by atoms with Gasteiger partial charge in [-0.2, -0.15) is 0 Å². The van der Waals surface area contributed by atoms with Gasteiger partial charge in [0.15, 0.2) is 0 Å². The first-order valence-corrected chi connectivity index (χ1v) is 9.23. The lowest BCUT2D eigenvalue weighted by atomic mass is 9.41. The Morgan fingerprint density at radius 3 is 2.55 bits per heavy atom. The predicted octanol–water partition coefficient (Wildman–Crippen LogP) is 5.18. The van der Waals surface area contributed by atoms with Crippen LogP contribution in [0.1, 0.15) is 78.6 Å². The van der Waals surface area contributed by atoms with Crippen LogP contribution >= 0.6 is 0 Å². The van der Waals surface area contributed by atoms with E-state index in [1.807, 2.05) is 0 Å². The lowest BCUT2D eigenvalue weighted by molar-refractivity contribution is -0.141. The fourth-order valence-corrected chi connectivity index (χ4v) is 7.52. The van der Waals surface area contributed by atoms with Crippen molar-refractivity contribution >= 4 is 5.97 Å². The number of aliphatic carboxylic acids is 1. The molecule has 1 N–H and O–H groups in total. The van der Waals surface area contributed by atoms with E-state index in [9.17, 15) is 9.90 Å². The van der Waals surface area contributed by atoms with Crippen molar-refractivity contribution in [2.75, 3.05) is 0 Å². The van der Waals surface area contributed by atoms with Crippen LogP contribution in [0.15, 0.2) is 11.1 Å². The van der Waals surface area contributed by atoms with E-state index in [0.29, 0.717) is 16.2 Å². The highest BCUT2D eigenvalue weighted by atomic mass is 16.4. The fourth-order valence-electron chi connectivity index (χ4n) is 7.52. The molecule has 1 spiro atoms. The number of carboxylic acids is 1. The molecule has 4 atom stereocenters. The molecule has 0 radical (unpaired) electrons. The summed E-state index contributed by atoms with van der Waals surface area (Å²) in [4.78, 5) is 11.6. The monoisotopic (exact) mass is 302 g/mol. The van der Waals surface area contributed by atoms with Crippen LogP contribution < -0.4 is 0 Å². The Bertz CT molecular complexity index is 558. The molecule has 0 heterocycles. The van der Waals surface area contributed by atoms with Gasteiger partial charge in [-0.05, 0) is 79.4 Å². The molecule has 3 saturated carbocycles. The zero-order chi connectivity index (χ0) is 15.8. The molecule has 122 valence electrons. The minimum absolute atomic E-state index is 0.306. The summed E-state index contributed by atoms with van der Waals surface area (Å²) in [6, 6.07) is 0. The van der Waals surface area contributed by atoms with E-state index in [4.69, 9.17) is 0 Å². The molecule has 0 amide bonds. The second-order valence-corrected chi connectivity index (χ2v) is 9.63. The average Bonchev–Trinajstić information content (AvgIpc) is 2.69. The van der Waals surface area contributed by atoms with Gasteiger partial charge in [-0.1, -0.05) is 32.8 Å². The molecule has 2 heteroatoms. The summed E-state index contributed by atoms with van der Waals surface area (Å²) in [5.41, 5.74) is 3.30. The van der Waals surface area contributed by atoms with Crippen LogP contribution in [0.25, 0.3) is 0 Å². The maximum atomic E-state index is 11.6. The first-order valence-electron chi connectivity index (χ1n) is 9.23. The normalized spacial score (nSPS) is 46.1. The molecule has 0 aromatic rings. The second-order valence-electron chi connectivity index (χ2n) is 9.63. The van der Waals surface area contributed by atoms with Crippen LogP contribution in [0, 0.1) is 28.1 Å². The minimum atomic E-state index is -0.635. The number of hydrogen-bond acceptors (Lipinski definition) is 1. The highest BCUT2D eigenvalue weighted by Gasteiger charge is 2.62. The van der Waals surface area contributed by atoms with Gasteiger partial charge >= 0.3 is 5.97 Å². The summed E-state index contributed by atoms with van der Waals surface area (Å²) in [6.45, 7) is 7.53. The molecule has 2 bridgehead atoms. The van der Waals surface area contributed by atoms with E-state index < -0.39 is 5.97 Å². The average molecular weight is 302 g/mol. The van der Waals surface area contributed by atoms with Gasteiger partial charge in [0, 0.05) is 5.57 Å².